The molecule has 1 N–H and O–H groups in total. The zero-order valence-electron chi connectivity index (χ0n) is 11.9. The van der Waals surface area contributed by atoms with Gasteiger partial charge >= 0.3 is 0 Å². The molecule has 0 saturated heterocycles. The summed E-state index contributed by atoms with van der Waals surface area (Å²) < 4.78 is 14.1. The van der Waals surface area contributed by atoms with Crippen molar-refractivity contribution in [3.05, 3.63) is 68.9 Å². The zero-order chi connectivity index (χ0) is 14.9. The average molecular weight is 337 g/mol. The van der Waals surface area contributed by atoms with Crippen molar-refractivity contribution in [2.75, 3.05) is 0 Å². The van der Waals surface area contributed by atoms with Crippen molar-refractivity contribution in [2.45, 2.75) is 32.8 Å². The first kappa shape index (κ1) is 15.2. The maximum Gasteiger partial charge on any atom is 0.124 e. The smallest absolute Gasteiger partial charge is 0.124 e. The number of halogens is 2. The molecule has 20 heavy (non-hydrogen) atoms. The molecule has 0 aliphatic rings. The van der Waals surface area contributed by atoms with Gasteiger partial charge in [0.2, 0.25) is 0 Å². The number of aryl methyl sites for hydroxylation is 2. The van der Waals surface area contributed by atoms with E-state index in [0.717, 1.165) is 22.3 Å². The lowest BCUT2D eigenvalue weighted by Crippen LogP contribution is -2.25. The number of hydrogen-bond acceptors (Lipinski definition) is 1. The van der Waals surface area contributed by atoms with Crippen LogP contribution < -0.4 is 0 Å². The van der Waals surface area contributed by atoms with E-state index in [-0.39, 0.29) is 5.82 Å². The molecule has 0 aromatic heterocycles. The van der Waals surface area contributed by atoms with Crippen molar-refractivity contribution in [1.82, 2.24) is 0 Å². The van der Waals surface area contributed by atoms with Crippen LogP contribution >= 0.6 is 15.9 Å². The van der Waals surface area contributed by atoms with Crippen molar-refractivity contribution in [3.63, 3.8) is 0 Å². The van der Waals surface area contributed by atoms with Gasteiger partial charge in [-0.05, 0) is 55.7 Å². The van der Waals surface area contributed by atoms with Crippen molar-refractivity contribution >= 4 is 15.9 Å². The molecule has 106 valence electrons. The third kappa shape index (κ3) is 3.47. The van der Waals surface area contributed by atoms with Gasteiger partial charge in [-0.3, -0.25) is 0 Å². The van der Waals surface area contributed by atoms with Crippen molar-refractivity contribution in [3.8, 4) is 0 Å². The van der Waals surface area contributed by atoms with E-state index in [2.05, 4.69) is 15.9 Å². The molecule has 1 nitrogen and oxygen atoms in total. The highest BCUT2D eigenvalue weighted by molar-refractivity contribution is 9.10. The standard InChI is InChI=1S/C17H18BrFO/c1-11-4-5-12(2)16(6-11)17(3,20)10-13-7-14(18)9-15(19)8-13/h4-9,20H,10H2,1-3H3. The summed E-state index contributed by atoms with van der Waals surface area (Å²) in [5.74, 6) is -0.300. The summed E-state index contributed by atoms with van der Waals surface area (Å²) in [6.45, 7) is 5.75. The number of hydrogen-bond donors (Lipinski definition) is 1. The summed E-state index contributed by atoms with van der Waals surface area (Å²) in [6, 6.07) is 10.7. The SMILES string of the molecule is Cc1ccc(C)c(C(C)(O)Cc2cc(F)cc(Br)c2)c1. The van der Waals surface area contributed by atoms with Gasteiger partial charge in [-0.1, -0.05) is 39.7 Å². The zero-order valence-corrected chi connectivity index (χ0v) is 13.5. The summed E-state index contributed by atoms with van der Waals surface area (Å²) in [5, 5.41) is 10.8. The Morgan fingerprint density at radius 1 is 1.15 bits per heavy atom. The molecule has 0 heterocycles. The van der Waals surface area contributed by atoms with Gasteiger partial charge in [0.25, 0.3) is 0 Å². The minimum Gasteiger partial charge on any atom is -0.385 e. The van der Waals surface area contributed by atoms with Gasteiger partial charge in [-0.2, -0.15) is 0 Å². The molecular formula is C17H18BrFO. The number of aliphatic hydroxyl groups is 1. The quantitative estimate of drug-likeness (QED) is 0.864. The van der Waals surface area contributed by atoms with Crippen LogP contribution in [0.4, 0.5) is 4.39 Å². The van der Waals surface area contributed by atoms with Crippen LogP contribution in [-0.4, -0.2) is 5.11 Å². The maximum absolute atomic E-state index is 13.4. The van der Waals surface area contributed by atoms with E-state index < -0.39 is 5.60 Å². The third-order valence-electron chi connectivity index (χ3n) is 3.44. The van der Waals surface area contributed by atoms with Crippen LogP contribution in [-0.2, 0) is 12.0 Å². The lowest BCUT2D eigenvalue weighted by atomic mass is 9.85. The predicted molar refractivity (Wildman–Crippen MR) is 83.3 cm³/mol. The number of benzene rings is 2. The molecule has 0 spiro atoms. The van der Waals surface area contributed by atoms with Crippen LogP contribution in [0.5, 0.6) is 0 Å². The lowest BCUT2D eigenvalue weighted by Gasteiger charge is -2.26. The third-order valence-corrected chi connectivity index (χ3v) is 3.90. The fourth-order valence-corrected chi connectivity index (χ4v) is 3.03. The van der Waals surface area contributed by atoms with E-state index in [1.807, 2.05) is 38.1 Å². The van der Waals surface area contributed by atoms with E-state index in [4.69, 9.17) is 0 Å². The van der Waals surface area contributed by atoms with E-state index in [1.54, 1.807) is 6.92 Å². The molecule has 2 aromatic carbocycles. The summed E-state index contributed by atoms with van der Waals surface area (Å²) in [5.41, 5.74) is 2.77. The highest BCUT2D eigenvalue weighted by Crippen LogP contribution is 2.30. The normalized spacial score (nSPS) is 14.1. The Labute approximate surface area is 127 Å². The van der Waals surface area contributed by atoms with Crippen LogP contribution in [0.15, 0.2) is 40.9 Å². The van der Waals surface area contributed by atoms with Gasteiger partial charge in [0.1, 0.15) is 5.82 Å². The first-order valence-electron chi connectivity index (χ1n) is 6.53. The molecule has 0 fully saturated rings. The van der Waals surface area contributed by atoms with E-state index >= 15 is 0 Å². The average Bonchev–Trinajstić information content (AvgIpc) is 2.30. The molecule has 0 saturated carbocycles. The monoisotopic (exact) mass is 336 g/mol. The van der Waals surface area contributed by atoms with Crippen molar-refractivity contribution in [2.24, 2.45) is 0 Å². The molecular weight excluding hydrogens is 319 g/mol. The second kappa shape index (κ2) is 5.66. The van der Waals surface area contributed by atoms with Crippen molar-refractivity contribution < 1.29 is 9.50 Å². The highest BCUT2D eigenvalue weighted by Gasteiger charge is 2.25. The molecule has 3 heteroatoms. The van der Waals surface area contributed by atoms with Crippen LogP contribution in [0.2, 0.25) is 0 Å². The second-order valence-corrected chi connectivity index (χ2v) is 6.46. The van der Waals surface area contributed by atoms with Gasteiger partial charge in [0.05, 0.1) is 5.60 Å². The Bertz CT molecular complexity index is 615. The van der Waals surface area contributed by atoms with Crippen LogP contribution in [0.25, 0.3) is 0 Å². The summed E-state index contributed by atoms with van der Waals surface area (Å²) in [4.78, 5) is 0. The topological polar surface area (TPSA) is 20.2 Å². The van der Waals surface area contributed by atoms with E-state index in [0.29, 0.717) is 10.9 Å². The van der Waals surface area contributed by atoms with Gasteiger partial charge < -0.3 is 5.11 Å². The Morgan fingerprint density at radius 3 is 2.50 bits per heavy atom. The van der Waals surface area contributed by atoms with E-state index in [1.165, 1.54) is 12.1 Å². The molecule has 0 aliphatic heterocycles. The summed E-state index contributed by atoms with van der Waals surface area (Å²) in [6.07, 6.45) is 0.369. The molecule has 0 bridgehead atoms. The van der Waals surface area contributed by atoms with Gasteiger partial charge in [-0.25, -0.2) is 4.39 Å². The van der Waals surface area contributed by atoms with E-state index in [9.17, 15) is 9.50 Å². The Hall–Kier alpha value is -1.19. The molecule has 0 radical (unpaired) electrons. The molecule has 1 atom stereocenters. The lowest BCUT2D eigenvalue weighted by molar-refractivity contribution is 0.0568. The van der Waals surface area contributed by atoms with Gasteiger partial charge in [0.15, 0.2) is 0 Å². The molecule has 2 aromatic rings. The Kier molecular flexibility index (Phi) is 4.31. The first-order chi connectivity index (χ1) is 9.28. The highest BCUT2D eigenvalue weighted by atomic mass is 79.9. The van der Waals surface area contributed by atoms with Crippen LogP contribution in [0.1, 0.15) is 29.2 Å². The van der Waals surface area contributed by atoms with Crippen molar-refractivity contribution in [1.29, 1.82) is 0 Å². The number of rotatable bonds is 3. The molecule has 2 rings (SSSR count). The Balaban J connectivity index is 2.37. The van der Waals surface area contributed by atoms with Crippen LogP contribution in [0, 0.1) is 19.7 Å². The fourth-order valence-electron chi connectivity index (χ4n) is 2.52. The fraction of sp³-hybridized carbons (Fsp3) is 0.294. The largest absolute Gasteiger partial charge is 0.385 e. The molecule has 0 aliphatic carbocycles. The maximum atomic E-state index is 13.4. The van der Waals surface area contributed by atoms with Crippen LogP contribution in [0.3, 0.4) is 0 Å². The van der Waals surface area contributed by atoms with Gasteiger partial charge in [0, 0.05) is 10.9 Å². The molecule has 0 amide bonds. The summed E-state index contributed by atoms with van der Waals surface area (Å²) in [7, 11) is 0. The predicted octanol–water partition coefficient (Wildman–Crippen LogP) is 4.66. The molecule has 1 unspecified atom stereocenters. The van der Waals surface area contributed by atoms with Gasteiger partial charge in [-0.15, -0.1) is 0 Å². The second-order valence-electron chi connectivity index (χ2n) is 5.55. The Morgan fingerprint density at radius 2 is 1.85 bits per heavy atom. The summed E-state index contributed by atoms with van der Waals surface area (Å²) >= 11 is 3.28. The minimum atomic E-state index is -1.02. The minimum absolute atomic E-state index is 0.300. The first-order valence-corrected chi connectivity index (χ1v) is 7.32.